The molecular weight excluding hydrogens is 496 g/mol. The van der Waals surface area contributed by atoms with E-state index in [-0.39, 0.29) is 48.8 Å². The lowest BCUT2D eigenvalue weighted by molar-refractivity contribution is -0.153. The van der Waals surface area contributed by atoms with E-state index in [1.165, 1.54) is 25.7 Å². The highest BCUT2D eigenvalue weighted by Gasteiger charge is 2.24. The van der Waals surface area contributed by atoms with E-state index >= 15 is 0 Å². The highest BCUT2D eigenvalue weighted by molar-refractivity contribution is 5.70. The Labute approximate surface area is 238 Å². The molecule has 7 nitrogen and oxygen atoms in total. The molecule has 0 heterocycles. The highest BCUT2D eigenvalue weighted by atomic mass is 16.5. The van der Waals surface area contributed by atoms with Gasteiger partial charge in [0.1, 0.15) is 6.10 Å². The van der Waals surface area contributed by atoms with Crippen LogP contribution in [0.2, 0.25) is 0 Å². The molecule has 0 amide bonds. The van der Waals surface area contributed by atoms with Gasteiger partial charge in [-0.1, -0.05) is 80.2 Å². The molecule has 0 aromatic heterocycles. The third kappa shape index (κ3) is 19.6. The van der Waals surface area contributed by atoms with Crippen LogP contribution in [0, 0.1) is 23.7 Å². The summed E-state index contributed by atoms with van der Waals surface area (Å²) in [7, 11) is 0. The van der Waals surface area contributed by atoms with Crippen molar-refractivity contribution in [3.8, 4) is 0 Å². The molecule has 0 saturated heterocycles. The van der Waals surface area contributed by atoms with E-state index in [1.807, 2.05) is 13.8 Å². The first-order valence-electron chi connectivity index (χ1n) is 15.4. The Morgan fingerprint density at radius 1 is 0.769 bits per heavy atom. The molecule has 228 valence electrons. The van der Waals surface area contributed by atoms with E-state index in [9.17, 15) is 14.4 Å². The summed E-state index contributed by atoms with van der Waals surface area (Å²) < 4.78 is 22.2. The Kier molecular flexibility index (Phi) is 22.6. The number of unbranched alkanes of at least 4 members (excludes halogenated alkanes) is 5. The fourth-order valence-electron chi connectivity index (χ4n) is 4.39. The maximum Gasteiger partial charge on any atom is 0.306 e. The van der Waals surface area contributed by atoms with Crippen molar-refractivity contribution in [1.82, 2.24) is 0 Å². The van der Waals surface area contributed by atoms with Gasteiger partial charge in [-0.15, -0.1) is 0 Å². The minimum Gasteiger partial charge on any atom is -0.498 e. The van der Waals surface area contributed by atoms with Gasteiger partial charge < -0.3 is 18.9 Å². The summed E-state index contributed by atoms with van der Waals surface area (Å²) in [5, 5.41) is 0. The summed E-state index contributed by atoms with van der Waals surface area (Å²) in [6.45, 7) is 18.2. The van der Waals surface area contributed by atoms with Crippen LogP contribution in [-0.4, -0.2) is 44.3 Å². The van der Waals surface area contributed by atoms with Crippen LogP contribution >= 0.6 is 0 Å². The maximum atomic E-state index is 12.5. The second-order valence-electron chi connectivity index (χ2n) is 11.2. The summed E-state index contributed by atoms with van der Waals surface area (Å²) in [5.41, 5.74) is 0. The summed E-state index contributed by atoms with van der Waals surface area (Å²) in [4.78, 5) is 35.1. The predicted octanol–water partition coefficient (Wildman–Crippen LogP) is 7.80. The largest absolute Gasteiger partial charge is 0.498 e. The second-order valence-corrected chi connectivity index (χ2v) is 11.2. The third-order valence-electron chi connectivity index (χ3n) is 7.50. The topological polar surface area (TPSA) is 88.1 Å². The lowest BCUT2D eigenvalue weighted by atomic mass is 9.90. The molecule has 0 aliphatic carbocycles. The van der Waals surface area contributed by atoms with Gasteiger partial charge in [-0.25, -0.2) is 0 Å². The summed E-state index contributed by atoms with van der Waals surface area (Å²) in [5.74, 6) is 1.03. The molecule has 7 heteroatoms. The smallest absolute Gasteiger partial charge is 0.306 e. The zero-order chi connectivity index (χ0) is 29.5. The quantitative estimate of drug-likeness (QED) is 0.0354. The van der Waals surface area contributed by atoms with Crippen LogP contribution in [0.25, 0.3) is 0 Å². The van der Waals surface area contributed by atoms with Crippen molar-refractivity contribution in [3.63, 3.8) is 0 Å². The molecule has 0 saturated carbocycles. The Morgan fingerprint density at radius 2 is 1.41 bits per heavy atom. The van der Waals surface area contributed by atoms with Crippen LogP contribution in [0.5, 0.6) is 0 Å². The van der Waals surface area contributed by atoms with Crippen molar-refractivity contribution in [2.24, 2.45) is 23.7 Å². The van der Waals surface area contributed by atoms with Gasteiger partial charge in [0.05, 0.1) is 32.0 Å². The average Bonchev–Trinajstić information content (AvgIpc) is 2.92. The van der Waals surface area contributed by atoms with Crippen molar-refractivity contribution in [1.29, 1.82) is 0 Å². The minimum absolute atomic E-state index is 0.0332. The Hall–Kier alpha value is -2.05. The molecule has 4 atom stereocenters. The van der Waals surface area contributed by atoms with Gasteiger partial charge in [0, 0.05) is 18.8 Å². The summed E-state index contributed by atoms with van der Waals surface area (Å²) >= 11 is 0. The lowest BCUT2D eigenvalue weighted by Crippen LogP contribution is -2.27. The van der Waals surface area contributed by atoms with E-state index in [2.05, 4.69) is 34.3 Å². The average molecular weight is 555 g/mol. The molecule has 0 rings (SSSR count). The minimum atomic E-state index is -0.257. The molecule has 0 bridgehead atoms. The third-order valence-corrected chi connectivity index (χ3v) is 7.50. The van der Waals surface area contributed by atoms with Crippen molar-refractivity contribution < 1.29 is 33.3 Å². The number of ether oxygens (including phenoxy) is 4. The maximum absolute atomic E-state index is 12.5. The van der Waals surface area contributed by atoms with E-state index in [4.69, 9.17) is 18.9 Å². The fraction of sp³-hybridized carbons (Fsp3) is 0.844. The highest BCUT2D eigenvalue weighted by Crippen LogP contribution is 2.24. The number of carbonyl (C=O) groups is 3. The van der Waals surface area contributed by atoms with Gasteiger partial charge >= 0.3 is 11.9 Å². The molecule has 0 fully saturated rings. The van der Waals surface area contributed by atoms with Crippen LogP contribution < -0.4 is 0 Å². The SMILES string of the molecule is C=C(CC(CC)COC(=O)CCCCCCCC)OCC(CC(CC)OC(=O)CC(CC)COC=O)C(C)C. The van der Waals surface area contributed by atoms with Crippen LogP contribution in [0.4, 0.5) is 0 Å². The zero-order valence-corrected chi connectivity index (χ0v) is 25.8. The van der Waals surface area contributed by atoms with Gasteiger partial charge in [-0.05, 0) is 49.9 Å². The Balaban J connectivity index is 4.54. The van der Waals surface area contributed by atoms with E-state index < -0.39 is 0 Å². The molecule has 0 radical (unpaired) electrons. The van der Waals surface area contributed by atoms with Crippen molar-refractivity contribution in [2.75, 3.05) is 19.8 Å². The van der Waals surface area contributed by atoms with Crippen LogP contribution in [0.1, 0.15) is 125 Å². The van der Waals surface area contributed by atoms with Gasteiger partial charge in [0.25, 0.3) is 6.47 Å². The fourth-order valence-corrected chi connectivity index (χ4v) is 4.39. The van der Waals surface area contributed by atoms with Crippen LogP contribution in [0.3, 0.4) is 0 Å². The number of allylic oxidation sites excluding steroid dienone is 1. The molecule has 0 aromatic rings. The predicted molar refractivity (Wildman–Crippen MR) is 156 cm³/mol. The number of hydrogen-bond acceptors (Lipinski definition) is 7. The first-order chi connectivity index (χ1) is 18.7. The normalized spacial score (nSPS) is 14.2. The van der Waals surface area contributed by atoms with E-state index in [0.717, 1.165) is 32.1 Å². The lowest BCUT2D eigenvalue weighted by Gasteiger charge is -2.27. The summed E-state index contributed by atoms with van der Waals surface area (Å²) in [6, 6.07) is 0. The van der Waals surface area contributed by atoms with Gasteiger partial charge in [0.15, 0.2) is 0 Å². The van der Waals surface area contributed by atoms with E-state index in [1.54, 1.807) is 0 Å². The number of hydrogen-bond donors (Lipinski definition) is 0. The van der Waals surface area contributed by atoms with Gasteiger partial charge in [-0.3, -0.25) is 14.4 Å². The number of rotatable bonds is 26. The standard InChI is InChI=1S/C32H58O7/c1-8-12-13-14-15-16-17-31(34)38-22-27(9-2)18-26(7)37-23-29(25(5)6)20-30(11-4)39-32(35)19-28(10-3)21-36-24-33/h24-25,27-30H,7-23H2,1-6H3. The van der Waals surface area contributed by atoms with Crippen LogP contribution in [-0.2, 0) is 33.3 Å². The Morgan fingerprint density at radius 3 is 2.00 bits per heavy atom. The molecule has 0 spiro atoms. The molecule has 4 unspecified atom stereocenters. The monoisotopic (exact) mass is 554 g/mol. The first-order valence-corrected chi connectivity index (χ1v) is 15.4. The van der Waals surface area contributed by atoms with Gasteiger partial charge in [-0.2, -0.15) is 0 Å². The van der Waals surface area contributed by atoms with Crippen molar-refractivity contribution in [3.05, 3.63) is 12.3 Å². The first kappa shape index (κ1) is 37.0. The zero-order valence-electron chi connectivity index (χ0n) is 25.8. The molecule has 0 aliphatic rings. The summed E-state index contributed by atoms with van der Waals surface area (Å²) in [6.07, 6.45) is 11.1. The van der Waals surface area contributed by atoms with Crippen LogP contribution in [0.15, 0.2) is 12.3 Å². The molecule has 0 aliphatic heterocycles. The molecular formula is C32H58O7. The number of carbonyl (C=O) groups excluding carboxylic acids is 3. The Bertz CT molecular complexity index is 661. The van der Waals surface area contributed by atoms with Crippen molar-refractivity contribution in [2.45, 2.75) is 131 Å². The van der Waals surface area contributed by atoms with Crippen molar-refractivity contribution >= 4 is 18.4 Å². The molecule has 0 N–H and O–H groups in total. The second kappa shape index (κ2) is 23.8. The van der Waals surface area contributed by atoms with Gasteiger partial charge in [0.2, 0.25) is 0 Å². The molecule has 0 aromatic carbocycles. The number of esters is 2. The van der Waals surface area contributed by atoms with E-state index in [0.29, 0.717) is 50.6 Å². The molecule has 39 heavy (non-hydrogen) atoms.